The molecule has 0 saturated carbocycles. The Kier molecular flexibility index (Phi) is 17.6. The van der Waals surface area contributed by atoms with Crippen molar-refractivity contribution in [2.45, 2.75) is 165 Å². The summed E-state index contributed by atoms with van der Waals surface area (Å²) < 4.78 is 33.8. The fraction of sp³-hybridized carbons (Fsp3) is 1.00. The number of hydrogen-bond acceptors (Lipinski definition) is 8. The minimum atomic E-state index is -0.475. The molecule has 0 bridgehead atoms. The minimum absolute atomic E-state index is 0.0155. The van der Waals surface area contributed by atoms with Crippen LogP contribution in [-0.4, -0.2) is 98.7 Å². The van der Waals surface area contributed by atoms with Gasteiger partial charge in [-0.25, -0.2) is 0 Å². The van der Waals surface area contributed by atoms with E-state index >= 15 is 0 Å². The Balaban J connectivity index is 0.000000220. The van der Waals surface area contributed by atoms with E-state index in [1.54, 1.807) is 0 Å². The van der Waals surface area contributed by atoms with Crippen LogP contribution in [0.4, 0.5) is 0 Å². The summed E-state index contributed by atoms with van der Waals surface area (Å²) in [6.07, 6.45) is 19.6. The van der Waals surface area contributed by atoms with E-state index in [1.807, 2.05) is 0 Å². The molecule has 0 radical (unpaired) electrons. The average molecular weight is 573 g/mol. The maximum Gasteiger partial charge on any atom is 0.115 e. The molecule has 0 aromatic heterocycles. The number of hydrogen-bond donors (Lipinski definition) is 2. The summed E-state index contributed by atoms with van der Waals surface area (Å²) in [6.45, 7) is 7.95. The number of ether oxygens (including phenoxy) is 6. The molecule has 236 valence electrons. The van der Waals surface area contributed by atoms with Crippen molar-refractivity contribution in [1.29, 1.82) is 0 Å². The van der Waals surface area contributed by atoms with Gasteiger partial charge in [-0.2, -0.15) is 0 Å². The van der Waals surface area contributed by atoms with Crippen LogP contribution < -0.4 is 0 Å². The molecule has 2 N–H and O–H groups in total. The molecule has 0 aliphatic carbocycles. The van der Waals surface area contributed by atoms with Crippen LogP contribution in [0.25, 0.3) is 0 Å². The minimum Gasteiger partial charge on any atom is -0.388 e. The Bertz CT molecular complexity index is 570. The molecule has 0 unspecified atom stereocenters. The Labute approximate surface area is 243 Å². The predicted octanol–water partition coefficient (Wildman–Crippen LogP) is 5.34. The van der Waals surface area contributed by atoms with Crippen molar-refractivity contribution in [3.8, 4) is 0 Å². The van der Waals surface area contributed by atoms with Gasteiger partial charge in [0, 0.05) is 13.2 Å². The zero-order valence-electron chi connectivity index (χ0n) is 25.5. The quantitative estimate of drug-likeness (QED) is 0.189. The third kappa shape index (κ3) is 11.8. The molecule has 4 aliphatic rings. The smallest absolute Gasteiger partial charge is 0.115 e. The zero-order chi connectivity index (χ0) is 28.4. The van der Waals surface area contributed by atoms with Crippen molar-refractivity contribution in [2.75, 3.05) is 39.6 Å². The lowest BCUT2D eigenvalue weighted by molar-refractivity contribution is -0.0378. The van der Waals surface area contributed by atoms with E-state index in [2.05, 4.69) is 13.8 Å². The predicted molar refractivity (Wildman–Crippen MR) is 156 cm³/mol. The second-order valence-electron chi connectivity index (χ2n) is 12.1. The standard InChI is InChI=1S/2C16H30O4/c2*1-2-3-4-5-6-7-8-9-10-18-14-12-20-15-13(17)11-19-16(14)15/h2*13-17H,2-12H2,1H3/t13-,14+,15+,16+;13-,14+,15-,16-/m01/s1. The number of rotatable bonds is 20. The Morgan fingerprint density at radius 3 is 1.15 bits per heavy atom. The van der Waals surface area contributed by atoms with Crippen LogP contribution >= 0.6 is 0 Å². The van der Waals surface area contributed by atoms with Crippen molar-refractivity contribution in [1.82, 2.24) is 0 Å². The fourth-order valence-corrected chi connectivity index (χ4v) is 6.12. The molecular formula is C32H60O8. The van der Waals surface area contributed by atoms with Gasteiger partial charge in [0.15, 0.2) is 0 Å². The molecule has 0 spiro atoms. The second kappa shape index (κ2) is 20.6. The number of aliphatic hydroxyl groups excluding tert-OH is 2. The summed E-state index contributed by atoms with van der Waals surface area (Å²) in [5, 5.41) is 19.3. The van der Waals surface area contributed by atoms with E-state index in [9.17, 15) is 10.2 Å². The normalized spacial score (nSPS) is 32.7. The van der Waals surface area contributed by atoms with Gasteiger partial charge in [-0.3, -0.25) is 0 Å². The van der Waals surface area contributed by atoms with Crippen molar-refractivity contribution in [3.05, 3.63) is 0 Å². The monoisotopic (exact) mass is 572 g/mol. The van der Waals surface area contributed by atoms with Crippen LogP contribution in [0.15, 0.2) is 0 Å². The van der Waals surface area contributed by atoms with Crippen LogP contribution in [0, 0.1) is 0 Å². The van der Waals surface area contributed by atoms with Crippen LogP contribution in [0.2, 0.25) is 0 Å². The summed E-state index contributed by atoms with van der Waals surface area (Å²) in [6, 6.07) is 0. The molecular weight excluding hydrogens is 512 g/mol. The van der Waals surface area contributed by atoms with Gasteiger partial charge in [0.1, 0.15) is 48.8 Å². The average Bonchev–Trinajstić information content (AvgIpc) is 3.73. The van der Waals surface area contributed by atoms with E-state index in [4.69, 9.17) is 28.4 Å². The van der Waals surface area contributed by atoms with Crippen LogP contribution in [-0.2, 0) is 28.4 Å². The first-order valence-corrected chi connectivity index (χ1v) is 16.7. The van der Waals surface area contributed by atoms with E-state index in [0.717, 1.165) is 26.1 Å². The zero-order valence-corrected chi connectivity index (χ0v) is 25.5. The van der Waals surface area contributed by atoms with Gasteiger partial charge in [0.2, 0.25) is 0 Å². The molecule has 4 fully saturated rings. The topological polar surface area (TPSA) is 95.8 Å². The molecule has 4 aliphatic heterocycles. The molecule has 4 heterocycles. The molecule has 8 atom stereocenters. The molecule has 0 aromatic carbocycles. The van der Waals surface area contributed by atoms with Crippen molar-refractivity contribution < 1.29 is 38.6 Å². The molecule has 40 heavy (non-hydrogen) atoms. The highest BCUT2D eigenvalue weighted by atomic mass is 16.6. The highest BCUT2D eigenvalue weighted by molar-refractivity contribution is 4.95. The lowest BCUT2D eigenvalue weighted by atomic mass is 10.1. The lowest BCUT2D eigenvalue weighted by Gasteiger charge is -2.16. The maximum atomic E-state index is 9.64. The molecule has 0 aromatic rings. The van der Waals surface area contributed by atoms with Crippen LogP contribution in [0.3, 0.4) is 0 Å². The summed E-state index contributed by atoms with van der Waals surface area (Å²) in [5.74, 6) is 0. The first kappa shape index (κ1) is 34.2. The Hall–Kier alpha value is -0.320. The summed E-state index contributed by atoms with van der Waals surface area (Å²) >= 11 is 0. The van der Waals surface area contributed by atoms with Gasteiger partial charge in [0.05, 0.1) is 26.4 Å². The maximum absolute atomic E-state index is 9.64. The first-order valence-electron chi connectivity index (χ1n) is 16.7. The van der Waals surface area contributed by atoms with E-state index in [0.29, 0.717) is 26.4 Å². The van der Waals surface area contributed by atoms with Crippen molar-refractivity contribution in [3.63, 3.8) is 0 Å². The first-order chi connectivity index (χ1) is 19.7. The number of unbranched alkanes of at least 4 members (excludes halogenated alkanes) is 14. The van der Waals surface area contributed by atoms with E-state index in [1.165, 1.54) is 89.9 Å². The van der Waals surface area contributed by atoms with Gasteiger partial charge < -0.3 is 38.6 Å². The Morgan fingerprint density at radius 1 is 0.450 bits per heavy atom. The van der Waals surface area contributed by atoms with E-state index < -0.39 is 12.2 Å². The second-order valence-corrected chi connectivity index (χ2v) is 12.1. The highest BCUT2D eigenvalue weighted by Gasteiger charge is 2.48. The molecule has 0 amide bonds. The van der Waals surface area contributed by atoms with Gasteiger partial charge in [-0.15, -0.1) is 0 Å². The lowest BCUT2D eigenvalue weighted by Crippen LogP contribution is -2.33. The van der Waals surface area contributed by atoms with Crippen LogP contribution in [0.5, 0.6) is 0 Å². The van der Waals surface area contributed by atoms with Gasteiger partial charge in [-0.05, 0) is 12.8 Å². The van der Waals surface area contributed by atoms with Crippen molar-refractivity contribution >= 4 is 0 Å². The third-order valence-electron chi connectivity index (χ3n) is 8.62. The van der Waals surface area contributed by atoms with Gasteiger partial charge >= 0.3 is 0 Å². The molecule has 8 heteroatoms. The largest absolute Gasteiger partial charge is 0.388 e. The fourth-order valence-electron chi connectivity index (χ4n) is 6.12. The summed E-state index contributed by atoms with van der Waals surface area (Å²) in [5.41, 5.74) is 0. The third-order valence-corrected chi connectivity index (χ3v) is 8.62. The molecule has 8 nitrogen and oxygen atoms in total. The number of fused-ring (bicyclic) bond motifs is 2. The van der Waals surface area contributed by atoms with E-state index in [-0.39, 0.29) is 36.6 Å². The molecule has 4 rings (SSSR count). The Morgan fingerprint density at radius 2 is 0.775 bits per heavy atom. The van der Waals surface area contributed by atoms with Gasteiger partial charge in [-0.1, -0.05) is 104 Å². The van der Waals surface area contributed by atoms with Gasteiger partial charge in [0.25, 0.3) is 0 Å². The summed E-state index contributed by atoms with van der Waals surface area (Å²) in [4.78, 5) is 0. The number of aliphatic hydroxyl groups is 2. The summed E-state index contributed by atoms with van der Waals surface area (Å²) in [7, 11) is 0. The SMILES string of the molecule is CCCCCCCCCCO[C@@H]1CO[C@H]2[C@@H]1OC[C@@H]2O.CCCCCCCCCCO[C@H]1CO[C@H]2[C@@H]1OC[C@H]2O. The highest BCUT2D eigenvalue weighted by Crippen LogP contribution is 2.30. The van der Waals surface area contributed by atoms with Crippen LogP contribution in [0.1, 0.15) is 117 Å². The van der Waals surface area contributed by atoms with Crippen molar-refractivity contribution in [2.24, 2.45) is 0 Å². The molecule has 4 saturated heterocycles.